The second-order valence-electron chi connectivity index (χ2n) is 4.37. The zero-order chi connectivity index (χ0) is 11.9. The van der Waals surface area contributed by atoms with Crippen molar-refractivity contribution in [3.8, 4) is 6.01 Å². The van der Waals surface area contributed by atoms with E-state index in [2.05, 4.69) is 15.3 Å². The summed E-state index contributed by atoms with van der Waals surface area (Å²) in [6.07, 6.45) is 7.98. The van der Waals surface area contributed by atoms with Gasteiger partial charge in [0.1, 0.15) is 0 Å². The van der Waals surface area contributed by atoms with Crippen LogP contribution in [0.15, 0.2) is 12.4 Å². The van der Waals surface area contributed by atoms with Gasteiger partial charge in [0.25, 0.3) is 0 Å². The molecule has 4 nitrogen and oxygen atoms in total. The maximum atomic E-state index is 5.69. The molecule has 0 aliphatic carbocycles. The molecule has 1 aromatic heterocycles. The Morgan fingerprint density at radius 3 is 2.71 bits per heavy atom. The van der Waals surface area contributed by atoms with Gasteiger partial charge in [0.2, 0.25) is 0 Å². The predicted molar refractivity (Wildman–Crippen MR) is 67.4 cm³/mol. The van der Waals surface area contributed by atoms with Gasteiger partial charge in [-0.3, -0.25) is 0 Å². The second-order valence-corrected chi connectivity index (χ2v) is 4.80. The summed E-state index contributed by atoms with van der Waals surface area (Å²) >= 11 is 5.69. The van der Waals surface area contributed by atoms with Crippen LogP contribution in [0, 0.1) is 5.92 Å². The second kappa shape index (κ2) is 6.77. The number of ether oxygens (including phenoxy) is 1. The van der Waals surface area contributed by atoms with Crippen molar-refractivity contribution in [2.75, 3.05) is 19.7 Å². The van der Waals surface area contributed by atoms with Crippen molar-refractivity contribution in [1.29, 1.82) is 0 Å². The van der Waals surface area contributed by atoms with Crippen molar-refractivity contribution >= 4 is 11.6 Å². The molecule has 0 atom stereocenters. The van der Waals surface area contributed by atoms with Crippen molar-refractivity contribution in [2.45, 2.75) is 25.7 Å². The molecule has 0 saturated carbocycles. The standard InChI is InChI=1S/C12H18ClN3O/c13-11-8-15-12(16-9-11)17-7-1-2-10-3-5-14-6-4-10/h8-10,14H,1-7H2. The van der Waals surface area contributed by atoms with E-state index in [4.69, 9.17) is 16.3 Å². The Hall–Kier alpha value is -0.870. The molecule has 1 aliphatic rings. The molecule has 0 radical (unpaired) electrons. The Bertz CT molecular complexity index is 325. The van der Waals surface area contributed by atoms with Crippen LogP contribution in [0.4, 0.5) is 0 Å². The van der Waals surface area contributed by atoms with E-state index in [-0.39, 0.29) is 0 Å². The van der Waals surface area contributed by atoms with Crippen LogP contribution in [-0.2, 0) is 0 Å². The summed E-state index contributed by atoms with van der Waals surface area (Å²) in [4.78, 5) is 7.97. The predicted octanol–water partition coefficient (Wildman–Crippen LogP) is 2.29. The highest BCUT2D eigenvalue weighted by atomic mass is 35.5. The minimum atomic E-state index is 0.416. The van der Waals surface area contributed by atoms with Crippen LogP contribution < -0.4 is 10.1 Å². The van der Waals surface area contributed by atoms with Gasteiger partial charge in [-0.25, -0.2) is 9.97 Å². The van der Waals surface area contributed by atoms with E-state index in [1.54, 1.807) is 12.4 Å². The Morgan fingerprint density at radius 2 is 2.00 bits per heavy atom. The number of hydrogen-bond acceptors (Lipinski definition) is 4. The highest BCUT2D eigenvalue weighted by Crippen LogP contribution is 2.17. The summed E-state index contributed by atoms with van der Waals surface area (Å²) in [6, 6.07) is 0.416. The molecular formula is C12H18ClN3O. The minimum Gasteiger partial charge on any atom is -0.463 e. The number of nitrogens with one attached hydrogen (secondary N) is 1. The van der Waals surface area contributed by atoms with Gasteiger partial charge in [-0.1, -0.05) is 11.6 Å². The van der Waals surface area contributed by atoms with Gasteiger partial charge in [-0.15, -0.1) is 0 Å². The van der Waals surface area contributed by atoms with Crippen LogP contribution in [0.5, 0.6) is 6.01 Å². The average molecular weight is 256 g/mol. The summed E-state index contributed by atoms with van der Waals surface area (Å²) < 4.78 is 5.46. The topological polar surface area (TPSA) is 47.0 Å². The van der Waals surface area contributed by atoms with E-state index in [1.807, 2.05) is 0 Å². The van der Waals surface area contributed by atoms with Crippen LogP contribution in [0.25, 0.3) is 0 Å². The fourth-order valence-corrected chi connectivity index (χ4v) is 2.18. The van der Waals surface area contributed by atoms with Crippen LogP contribution in [0.1, 0.15) is 25.7 Å². The lowest BCUT2D eigenvalue weighted by Crippen LogP contribution is -2.27. The first kappa shape index (κ1) is 12.6. The Labute approximate surface area is 107 Å². The Balaban J connectivity index is 1.60. The van der Waals surface area contributed by atoms with Crippen LogP contribution >= 0.6 is 11.6 Å². The van der Waals surface area contributed by atoms with Gasteiger partial charge >= 0.3 is 6.01 Å². The first-order valence-corrected chi connectivity index (χ1v) is 6.53. The van der Waals surface area contributed by atoms with Gasteiger partial charge in [-0.05, 0) is 44.7 Å². The van der Waals surface area contributed by atoms with Crippen molar-refractivity contribution < 1.29 is 4.74 Å². The molecule has 0 amide bonds. The largest absolute Gasteiger partial charge is 0.463 e. The molecule has 94 valence electrons. The summed E-state index contributed by atoms with van der Waals surface area (Å²) in [5.74, 6) is 0.853. The van der Waals surface area contributed by atoms with Crippen molar-refractivity contribution in [3.63, 3.8) is 0 Å². The summed E-state index contributed by atoms with van der Waals surface area (Å²) in [5.41, 5.74) is 0. The van der Waals surface area contributed by atoms with Gasteiger partial charge < -0.3 is 10.1 Å². The first-order chi connectivity index (χ1) is 8.34. The number of hydrogen-bond donors (Lipinski definition) is 1. The summed E-state index contributed by atoms with van der Waals surface area (Å²) in [7, 11) is 0. The molecule has 2 rings (SSSR count). The number of nitrogens with zero attached hydrogens (tertiary/aromatic N) is 2. The molecule has 2 heterocycles. The van der Waals surface area contributed by atoms with Gasteiger partial charge in [-0.2, -0.15) is 0 Å². The first-order valence-electron chi connectivity index (χ1n) is 6.15. The van der Waals surface area contributed by atoms with Gasteiger partial charge in [0.05, 0.1) is 24.0 Å². The zero-order valence-electron chi connectivity index (χ0n) is 9.86. The third-order valence-corrected chi connectivity index (χ3v) is 3.24. The summed E-state index contributed by atoms with van der Waals surface area (Å²) in [6.45, 7) is 3.00. The molecule has 1 aromatic rings. The maximum Gasteiger partial charge on any atom is 0.316 e. The third-order valence-electron chi connectivity index (χ3n) is 3.04. The molecule has 1 aliphatic heterocycles. The van der Waals surface area contributed by atoms with E-state index in [0.29, 0.717) is 17.6 Å². The number of piperidine rings is 1. The van der Waals surface area contributed by atoms with E-state index in [1.165, 1.54) is 19.3 Å². The molecule has 0 bridgehead atoms. The number of aromatic nitrogens is 2. The molecule has 5 heteroatoms. The zero-order valence-corrected chi connectivity index (χ0v) is 10.6. The third kappa shape index (κ3) is 4.48. The lowest BCUT2D eigenvalue weighted by Gasteiger charge is -2.22. The van der Waals surface area contributed by atoms with Gasteiger partial charge in [0.15, 0.2) is 0 Å². The quantitative estimate of drug-likeness (QED) is 0.820. The van der Waals surface area contributed by atoms with Crippen molar-refractivity contribution in [1.82, 2.24) is 15.3 Å². The Morgan fingerprint density at radius 1 is 1.29 bits per heavy atom. The lowest BCUT2D eigenvalue weighted by atomic mass is 9.93. The average Bonchev–Trinajstić information content (AvgIpc) is 2.38. The highest BCUT2D eigenvalue weighted by Gasteiger charge is 2.12. The number of rotatable bonds is 5. The molecule has 0 aromatic carbocycles. The Kier molecular flexibility index (Phi) is 5.01. The maximum absolute atomic E-state index is 5.69. The molecule has 1 fully saturated rings. The molecular weight excluding hydrogens is 238 g/mol. The van der Waals surface area contributed by atoms with Crippen molar-refractivity contribution in [3.05, 3.63) is 17.4 Å². The van der Waals surface area contributed by atoms with Crippen LogP contribution in [0.3, 0.4) is 0 Å². The van der Waals surface area contributed by atoms with Gasteiger partial charge in [0, 0.05) is 0 Å². The van der Waals surface area contributed by atoms with E-state index >= 15 is 0 Å². The van der Waals surface area contributed by atoms with E-state index in [9.17, 15) is 0 Å². The van der Waals surface area contributed by atoms with E-state index in [0.717, 1.165) is 25.4 Å². The SMILES string of the molecule is Clc1cnc(OCCCC2CCNCC2)nc1. The molecule has 0 spiro atoms. The minimum absolute atomic E-state index is 0.416. The number of halogens is 1. The fraction of sp³-hybridized carbons (Fsp3) is 0.667. The highest BCUT2D eigenvalue weighted by molar-refractivity contribution is 6.30. The molecule has 0 unspecified atom stereocenters. The molecule has 17 heavy (non-hydrogen) atoms. The smallest absolute Gasteiger partial charge is 0.316 e. The fourth-order valence-electron chi connectivity index (χ4n) is 2.08. The van der Waals surface area contributed by atoms with Crippen LogP contribution in [-0.4, -0.2) is 29.7 Å². The lowest BCUT2D eigenvalue weighted by molar-refractivity contribution is 0.258. The van der Waals surface area contributed by atoms with Crippen molar-refractivity contribution in [2.24, 2.45) is 5.92 Å². The van der Waals surface area contributed by atoms with Crippen LogP contribution in [0.2, 0.25) is 5.02 Å². The van der Waals surface area contributed by atoms with E-state index < -0.39 is 0 Å². The summed E-state index contributed by atoms with van der Waals surface area (Å²) in [5, 5.41) is 3.91. The molecule has 1 N–H and O–H groups in total. The molecule has 1 saturated heterocycles. The monoisotopic (exact) mass is 255 g/mol. The normalized spacial score (nSPS) is 17.0.